The second-order valence-electron chi connectivity index (χ2n) is 7.49. The molecule has 0 bridgehead atoms. The average molecular weight is 448 g/mol. The number of aromatic amines is 1. The number of nitrogens with zero attached hydrogens (tertiary/aromatic N) is 1. The third kappa shape index (κ3) is 4.41. The number of amides is 1. The molecule has 8 heteroatoms. The molecule has 4 rings (SSSR count). The van der Waals surface area contributed by atoms with Crippen LogP contribution in [0.4, 0.5) is 0 Å². The van der Waals surface area contributed by atoms with E-state index in [9.17, 15) is 9.90 Å². The van der Waals surface area contributed by atoms with Crippen molar-refractivity contribution in [3.05, 3.63) is 45.9 Å². The lowest BCUT2D eigenvalue weighted by atomic mass is 9.93. The van der Waals surface area contributed by atoms with Gasteiger partial charge in [-0.15, -0.1) is 0 Å². The predicted octanol–water partition coefficient (Wildman–Crippen LogP) is 4.97. The third-order valence-electron chi connectivity index (χ3n) is 5.35. The first-order valence-corrected chi connectivity index (χ1v) is 10.8. The number of aliphatic hydroxyl groups excluding tert-OH is 1. The number of fused-ring (bicyclic) bond motifs is 1. The van der Waals surface area contributed by atoms with Gasteiger partial charge in [0.15, 0.2) is 0 Å². The van der Waals surface area contributed by atoms with Crippen molar-refractivity contribution in [3.8, 4) is 17.1 Å². The highest BCUT2D eigenvalue weighted by Crippen LogP contribution is 2.33. The van der Waals surface area contributed by atoms with E-state index in [2.05, 4.69) is 15.3 Å². The molecule has 0 atom stereocenters. The summed E-state index contributed by atoms with van der Waals surface area (Å²) in [7, 11) is 0. The normalized spacial score (nSPS) is 19.1. The molecule has 30 heavy (non-hydrogen) atoms. The number of benzene rings is 2. The van der Waals surface area contributed by atoms with E-state index in [-0.39, 0.29) is 18.1 Å². The van der Waals surface area contributed by atoms with Gasteiger partial charge < -0.3 is 20.1 Å². The Morgan fingerprint density at radius 3 is 2.67 bits per heavy atom. The van der Waals surface area contributed by atoms with Crippen molar-refractivity contribution in [2.45, 2.75) is 44.8 Å². The second kappa shape index (κ2) is 8.84. The summed E-state index contributed by atoms with van der Waals surface area (Å²) in [5.74, 6) is 1.03. The Hall–Kier alpha value is -2.28. The zero-order valence-electron chi connectivity index (χ0n) is 16.5. The third-order valence-corrected chi connectivity index (χ3v) is 6.08. The molecule has 1 aliphatic rings. The quantitative estimate of drug-likeness (QED) is 0.515. The molecule has 1 aliphatic carbocycles. The molecule has 1 aromatic heterocycles. The standard InChI is InChI=1S/C22H23Cl2N3O3/c1-2-30-20-9-12(22(29)25-13-4-6-14(28)7-5-13)3-8-15(20)21-26-18-10-16(23)17(24)11-19(18)27-21/h3,8-11,13-14,28H,2,4-7H2,1H3,(H,25,29)(H,26,27). The molecule has 0 aliphatic heterocycles. The predicted molar refractivity (Wildman–Crippen MR) is 118 cm³/mol. The Kier molecular flexibility index (Phi) is 6.18. The summed E-state index contributed by atoms with van der Waals surface area (Å²) in [6.45, 7) is 2.35. The number of imidazole rings is 1. The fraction of sp³-hybridized carbons (Fsp3) is 0.364. The molecule has 0 unspecified atom stereocenters. The van der Waals surface area contributed by atoms with Crippen molar-refractivity contribution in [1.29, 1.82) is 0 Å². The van der Waals surface area contributed by atoms with Gasteiger partial charge in [0.2, 0.25) is 0 Å². The van der Waals surface area contributed by atoms with Crippen LogP contribution in [0.3, 0.4) is 0 Å². The van der Waals surface area contributed by atoms with Crippen molar-refractivity contribution in [3.63, 3.8) is 0 Å². The van der Waals surface area contributed by atoms with E-state index in [0.717, 1.165) is 23.9 Å². The highest BCUT2D eigenvalue weighted by Gasteiger charge is 2.22. The summed E-state index contributed by atoms with van der Waals surface area (Å²) in [6.07, 6.45) is 2.75. The molecular formula is C22H23Cl2N3O3. The van der Waals surface area contributed by atoms with Gasteiger partial charge in [-0.2, -0.15) is 0 Å². The number of nitrogens with one attached hydrogen (secondary N) is 2. The first kappa shape index (κ1) is 21.0. The van der Waals surface area contributed by atoms with Gasteiger partial charge in [-0.1, -0.05) is 23.2 Å². The SMILES string of the molecule is CCOc1cc(C(=O)NC2CCC(O)CC2)ccc1-c1nc2cc(Cl)c(Cl)cc2[nH]1. The minimum Gasteiger partial charge on any atom is -0.493 e. The number of H-pyrrole nitrogens is 1. The Balaban J connectivity index is 1.61. The highest BCUT2D eigenvalue weighted by molar-refractivity contribution is 6.42. The van der Waals surface area contributed by atoms with Crippen LogP contribution in [0.2, 0.25) is 10.0 Å². The lowest BCUT2D eigenvalue weighted by molar-refractivity contribution is 0.0867. The van der Waals surface area contributed by atoms with E-state index in [1.54, 1.807) is 24.3 Å². The Bertz CT molecular complexity index is 1040. The van der Waals surface area contributed by atoms with Crippen molar-refractivity contribution in [2.75, 3.05) is 6.61 Å². The van der Waals surface area contributed by atoms with E-state index < -0.39 is 0 Å². The van der Waals surface area contributed by atoms with Gasteiger partial charge in [0.05, 0.1) is 39.4 Å². The largest absolute Gasteiger partial charge is 0.493 e. The number of ether oxygens (including phenoxy) is 1. The van der Waals surface area contributed by atoms with Crippen LogP contribution >= 0.6 is 23.2 Å². The Labute approximate surface area is 184 Å². The Morgan fingerprint density at radius 2 is 1.93 bits per heavy atom. The summed E-state index contributed by atoms with van der Waals surface area (Å²) in [5, 5.41) is 13.6. The van der Waals surface area contributed by atoms with E-state index in [1.807, 2.05) is 13.0 Å². The number of aliphatic hydroxyl groups is 1. The highest BCUT2D eigenvalue weighted by atomic mass is 35.5. The van der Waals surface area contributed by atoms with Crippen LogP contribution in [0.25, 0.3) is 22.4 Å². The minimum atomic E-state index is -0.254. The molecule has 1 saturated carbocycles. The van der Waals surface area contributed by atoms with E-state index >= 15 is 0 Å². The minimum absolute atomic E-state index is 0.0843. The Morgan fingerprint density at radius 1 is 1.20 bits per heavy atom. The van der Waals surface area contributed by atoms with E-state index in [4.69, 9.17) is 27.9 Å². The summed E-state index contributed by atoms with van der Waals surface area (Å²) in [6, 6.07) is 8.85. The van der Waals surface area contributed by atoms with Crippen LogP contribution in [-0.4, -0.2) is 39.7 Å². The van der Waals surface area contributed by atoms with Crippen LogP contribution in [0.1, 0.15) is 43.0 Å². The number of hydrogen-bond donors (Lipinski definition) is 3. The maximum absolute atomic E-state index is 12.7. The molecule has 158 valence electrons. The molecule has 1 amide bonds. The first-order valence-electron chi connectivity index (χ1n) is 10.1. The van der Waals surface area contributed by atoms with Crippen LogP contribution < -0.4 is 10.1 Å². The van der Waals surface area contributed by atoms with Gasteiger partial charge in [-0.25, -0.2) is 4.98 Å². The number of aromatic nitrogens is 2. The summed E-state index contributed by atoms with van der Waals surface area (Å²) in [5.41, 5.74) is 2.74. The fourth-order valence-corrected chi connectivity index (χ4v) is 4.08. The fourth-order valence-electron chi connectivity index (χ4n) is 3.76. The molecular weight excluding hydrogens is 425 g/mol. The number of hydrogen-bond acceptors (Lipinski definition) is 4. The molecule has 1 heterocycles. The maximum atomic E-state index is 12.7. The van der Waals surface area contributed by atoms with Gasteiger partial charge >= 0.3 is 0 Å². The van der Waals surface area contributed by atoms with Gasteiger partial charge in [0.25, 0.3) is 5.91 Å². The number of halogens is 2. The summed E-state index contributed by atoms with van der Waals surface area (Å²) in [4.78, 5) is 20.6. The van der Waals surface area contributed by atoms with Gasteiger partial charge in [-0.3, -0.25) is 4.79 Å². The van der Waals surface area contributed by atoms with Crippen molar-refractivity contribution < 1.29 is 14.6 Å². The first-order chi connectivity index (χ1) is 14.4. The lowest BCUT2D eigenvalue weighted by Crippen LogP contribution is -2.38. The van der Waals surface area contributed by atoms with Crippen molar-refractivity contribution in [2.24, 2.45) is 0 Å². The van der Waals surface area contributed by atoms with Crippen molar-refractivity contribution in [1.82, 2.24) is 15.3 Å². The van der Waals surface area contributed by atoms with Gasteiger partial charge in [0.1, 0.15) is 11.6 Å². The number of rotatable bonds is 5. The van der Waals surface area contributed by atoms with Gasteiger partial charge in [-0.05, 0) is 62.9 Å². The molecule has 2 aromatic carbocycles. The van der Waals surface area contributed by atoms with Crippen molar-refractivity contribution >= 4 is 40.1 Å². The number of carbonyl (C=O) groups is 1. The lowest BCUT2D eigenvalue weighted by Gasteiger charge is -2.26. The van der Waals surface area contributed by atoms with E-state index in [1.165, 1.54) is 0 Å². The summed E-state index contributed by atoms with van der Waals surface area (Å²) < 4.78 is 5.80. The van der Waals surface area contributed by atoms with Gasteiger partial charge in [0, 0.05) is 11.6 Å². The zero-order valence-corrected chi connectivity index (χ0v) is 18.1. The smallest absolute Gasteiger partial charge is 0.251 e. The molecule has 3 N–H and O–H groups in total. The molecule has 1 fully saturated rings. The maximum Gasteiger partial charge on any atom is 0.251 e. The second-order valence-corrected chi connectivity index (χ2v) is 8.31. The van der Waals surface area contributed by atoms with Crippen LogP contribution in [-0.2, 0) is 0 Å². The topological polar surface area (TPSA) is 87.2 Å². The van der Waals surface area contributed by atoms with Crippen LogP contribution in [0.15, 0.2) is 30.3 Å². The molecule has 0 spiro atoms. The molecule has 0 saturated heterocycles. The molecule has 6 nitrogen and oxygen atoms in total. The zero-order chi connectivity index (χ0) is 21.3. The monoisotopic (exact) mass is 447 g/mol. The van der Waals surface area contributed by atoms with Crippen LogP contribution in [0.5, 0.6) is 5.75 Å². The molecule has 3 aromatic rings. The summed E-state index contributed by atoms with van der Waals surface area (Å²) >= 11 is 12.2. The van der Waals surface area contributed by atoms with E-state index in [0.29, 0.717) is 52.1 Å². The molecule has 0 radical (unpaired) electrons. The van der Waals surface area contributed by atoms with Crippen LogP contribution in [0, 0.1) is 0 Å². The number of carbonyl (C=O) groups excluding carboxylic acids is 1. The average Bonchev–Trinajstić information content (AvgIpc) is 3.12.